The van der Waals surface area contributed by atoms with Crippen molar-refractivity contribution in [1.29, 1.82) is 0 Å². The molecule has 0 radical (unpaired) electrons. The highest BCUT2D eigenvalue weighted by atomic mass is 16.7. The highest BCUT2D eigenvalue weighted by Crippen LogP contribution is 2.36. The van der Waals surface area contributed by atoms with Crippen molar-refractivity contribution in [3.8, 4) is 0 Å². The molecule has 10 nitrogen and oxygen atoms in total. The van der Waals surface area contributed by atoms with Crippen LogP contribution < -0.4 is 0 Å². The molecule has 0 bridgehead atoms. The van der Waals surface area contributed by atoms with E-state index in [-0.39, 0.29) is 18.2 Å². The molecule has 5 N–H and O–H groups in total. The van der Waals surface area contributed by atoms with Gasteiger partial charge in [0.15, 0.2) is 12.1 Å². The Hall–Kier alpha value is -1.37. The Bertz CT molecular complexity index is 671. The highest BCUT2D eigenvalue weighted by molar-refractivity contribution is 5.95. The van der Waals surface area contributed by atoms with Crippen LogP contribution in [0.25, 0.3) is 0 Å². The van der Waals surface area contributed by atoms with Crippen LogP contribution in [-0.2, 0) is 14.2 Å². The second-order valence-electron chi connectivity index (χ2n) is 6.79. The minimum Gasteiger partial charge on any atom is -0.463 e. The van der Waals surface area contributed by atoms with Crippen molar-refractivity contribution >= 4 is 5.78 Å². The van der Waals surface area contributed by atoms with Crippen molar-refractivity contribution in [2.45, 2.75) is 62.9 Å². The van der Waals surface area contributed by atoms with Crippen LogP contribution in [-0.4, -0.2) is 87.4 Å². The number of Topliss-reactive ketones (excluding diaryl/α,β-unsaturated/α-hetero) is 1. The molecule has 0 amide bonds. The summed E-state index contributed by atoms with van der Waals surface area (Å²) in [6, 6.07) is 1.50. The van der Waals surface area contributed by atoms with Gasteiger partial charge in [-0.05, 0) is 19.9 Å². The van der Waals surface area contributed by atoms with E-state index in [1.54, 1.807) is 6.92 Å². The van der Waals surface area contributed by atoms with Gasteiger partial charge < -0.3 is 44.2 Å². The number of aliphatic hydroxyl groups excluding tert-OH is 5. The fourth-order valence-corrected chi connectivity index (χ4v) is 3.33. The van der Waals surface area contributed by atoms with Gasteiger partial charge in [-0.15, -0.1) is 0 Å². The predicted molar refractivity (Wildman–Crippen MR) is 86.8 cm³/mol. The van der Waals surface area contributed by atoms with Crippen molar-refractivity contribution < 1.29 is 49.0 Å². The van der Waals surface area contributed by atoms with Gasteiger partial charge in [-0.1, -0.05) is 0 Å². The summed E-state index contributed by atoms with van der Waals surface area (Å²) in [7, 11) is 0. The average Bonchev–Trinajstić information content (AvgIpc) is 3.18. The number of aryl methyl sites for hydroxylation is 1. The molecular formula is C17H24O10. The third kappa shape index (κ3) is 3.80. The summed E-state index contributed by atoms with van der Waals surface area (Å²) in [4.78, 5) is 11.6. The Morgan fingerprint density at radius 1 is 1.22 bits per heavy atom. The van der Waals surface area contributed by atoms with Crippen LogP contribution in [0.5, 0.6) is 0 Å². The fraction of sp³-hybridized carbons (Fsp3) is 0.706. The molecular weight excluding hydrogens is 364 g/mol. The molecule has 27 heavy (non-hydrogen) atoms. The zero-order valence-electron chi connectivity index (χ0n) is 14.9. The fourth-order valence-electron chi connectivity index (χ4n) is 3.33. The van der Waals surface area contributed by atoms with E-state index in [9.17, 15) is 30.3 Å². The summed E-state index contributed by atoms with van der Waals surface area (Å²) in [6.45, 7) is 2.34. The molecule has 3 rings (SSSR count). The van der Waals surface area contributed by atoms with Crippen molar-refractivity contribution in [2.75, 3.05) is 13.2 Å². The number of carbonyl (C=O) groups excluding carboxylic acids is 1. The number of ether oxygens (including phenoxy) is 3. The number of hydrogen-bond donors (Lipinski definition) is 5. The average molecular weight is 388 g/mol. The smallest absolute Gasteiger partial charge is 0.187 e. The second-order valence-corrected chi connectivity index (χ2v) is 6.79. The van der Waals surface area contributed by atoms with Crippen LogP contribution in [0.2, 0.25) is 0 Å². The lowest BCUT2D eigenvalue weighted by atomic mass is 9.99. The molecule has 0 aromatic carbocycles. The molecule has 0 spiro atoms. The minimum atomic E-state index is -1.61. The van der Waals surface area contributed by atoms with E-state index >= 15 is 0 Å². The van der Waals surface area contributed by atoms with Crippen LogP contribution >= 0.6 is 0 Å². The van der Waals surface area contributed by atoms with Gasteiger partial charge >= 0.3 is 0 Å². The SMILES string of the molecule is CC(=O)c1cc([C@@H]2OC[C@@H](O)[C@H]2O[C@@H]2O[C@H](CO)[C@H](O)[C@H](O)[C@H]2O)oc1C. The molecule has 2 aliphatic heterocycles. The first kappa shape index (κ1) is 20.4. The number of carbonyl (C=O) groups is 1. The highest BCUT2D eigenvalue weighted by Gasteiger charge is 2.48. The van der Waals surface area contributed by atoms with Gasteiger partial charge in [0, 0.05) is 0 Å². The molecule has 3 heterocycles. The van der Waals surface area contributed by atoms with Gasteiger partial charge in [0.25, 0.3) is 0 Å². The first-order chi connectivity index (χ1) is 12.7. The van der Waals surface area contributed by atoms with Gasteiger partial charge in [-0.2, -0.15) is 0 Å². The van der Waals surface area contributed by atoms with E-state index in [0.717, 1.165) is 0 Å². The monoisotopic (exact) mass is 388 g/mol. The zero-order chi connectivity index (χ0) is 19.9. The maximum absolute atomic E-state index is 11.6. The summed E-state index contributed by atoms with van der Waals surface area (Å²) in [5.41, 5.74) is 0.376. The van der Waals surface area contributed by atoms with E-state index in [2.05, 4.69) is 0 Å². The molecule has 1 aromatic rings. The Kier molecular flexibility index (Phi) is 5.99. The molecule has 2 aliphatic rings. The standard InChI is InChI=1S/C17H24O10/c1-6(19)8-3-10(25-7(8)2)16-15(9(20)5-24-16)27-17-14(23)13(22)12(21)11(4-18)26-17/h3,9,11-18,20-23H,4-5H2,1-2H3/t9-,11-,12+,13+,14-,15-,16+,17+/m1/s1. The first-order valence-corrected chi connectivity index (χ1v) is 8.61. The van der Waals surface area contributed by atoms with E-state index in [1.807, 2.05) is 0 Å². The topological polar surface area (TPSA) is 159 Å². The Morgan fingerprint density at radius 3 is 2.52 bits per heavy atom. The van der Waals surface area contributed by atoms with Crippen LogP contribution in [0, 0.1) is 6.92 Å². The minimum absolute atomic E-state index is 0.0814. The predicted octanol–water partition coefficient (Wildman–Crippen LogP) is -1.59. The summed E-state index contributed by atoms with van der Waals surface area (Å²) in [5.74, 6) is 0.477. The number of aliphatic hydroxyl groups is 5. The summed E-state index contributed by atoms with van der Waals surface area (Å²) < 4.78 is 22.0. The Labute approximate surface area is 154 Å². The normalized spacial score (nSPS) is 39.7. The van der Waals surface area contributed by atoms with E-state index in [4.69, 9.17) is 18.6 Å². The van der Waals surface area contributed by atoms with Crippen LogP contribution in [0.4, 0.5) is 0 Å². The lowest BCUT2D eigenvalue weighted by molar-refractivity contribution is -0.318. The van der Waals surface area contributed by atoms with Crippen molar-refractivity contribution in [1.82, 2.24) is 0 Å². The van der Waals surface area contributed by atoms with E-state index in [1.165, 1.54) is 13.0 Å². The molecule has 10 heteroatoms. The number of ketones is 1. The quantitative estimate of drug-likeness (QED) is 0.372. The van der Waals surface area contributed by atoms with Gasteiger partial charge in [0.2, 0.25) is 0 Å². The van der Waals surface area contributed by atoms with Crippen molar-refractivity contribution in [3.63, 3.8) is 0 Å². The van der Waals surface area contributed by atoms with Gasteiger partial charge in [0.1, 0.15) is 54.2 Å². The number of furan rings is 1. The summed E-state index contributed by atoms with van der Waals surface area (Å²) >= 11 is 0. The molecule has 8 atom stereocenters. The lowest BCUT2D eigenvalue weighted by Crippen LogP contribution is -2.60. The molecule has 0 aliphatic carbocycles. The van der Waals surface area contributed by atoms with Crippen LogP contribution in [0.15, 0.2) is 10.5 Å². The second kappa shape index (κ2) is 7.94. The summed E-state index contributed by atoms with van der Waals surface area (Å²) in [6.07, 6.45) is -10.3. The molecule has 2 saturated heterocycles. The maximum Gasteiger partial charge on any atom is 0.187 e. The number of hydrogen-bond acceptors (Lipinski definition) is 10. The summed E-state index contributed by atoms with van der Waals surface area (Å²) in [5, 5.41) is 49.3. The molecule has 0 saturated carbocycles. The number of rotatable bonds is 5. The first-order valence-electron chi connectivity index (χ1n) is 8.61. The van der Waals surface area contributed by atoms with Gasteiger partial charge in [-0.3, -0.25) is 4.79 Å². The molecule has 2 fully saturated rings. The third-order valence-corrected chi connectivity index (χ3v) is 4.86. The van der Waals surface area contributed by atoms with E-state index < -0.39 is 55.6 Å². The van der Waals surface area contributed by atoms with Crippen molar-refractivity contribution in [3.05, 3.63) is 23.2 Å². The molecule has 152 valence electrons. The largest absolute Gasteiger partial charge is 0.463 e. The van der Waals surface area contributed by atoms with Crippen molar-refractivity contribution in [2.24, 2.45) is 0 Å². The van der Waals surface area contributed by atoms with E-state index in [0.29, 0.717) is 11.3 Å². The zero-order valence-corrected chi connectivity index (χ0v) is 14.9. The van der Waals surface area contributed by atoms with Gasteiger partial charge in [0.05, 0.1) is 18.8 Å². The maximum atomic E-state index is 11.6. The Morgan fingerprint density at radius 2 is 1.93 bits per heavy atom. The molecule has 0 unspecified atom stereocenters. The van der Waals surface area contributed by atoms with Crippen LogP contribution in [0.3, 0.4) is 0 Å². The lowest BCUT2D eigenvalue weighted by Gasteiger charge is -2.41. The molecule has 1 aromatic heterocycles. The Balaban J connectivity index is 1.79. The third-order valence-electron chi connectivity index (χ3n) is 4.86. The van der Waals surface area contributed by atoms with Gasteiger partial charge in [-0.25, -0.2) is 0 Å². The van der Waals surface area contributed by atoms with Crippen LogP contribution in [0.1, 0.15) is 34.9 Å².